The maximum Gasteiger partial charge on any atom is 0.320 e. The number of carbonyl (C=O) groups is 1. The van der Waals surface area contributed by atoms with Crippen molar-refractivity contribution in [1.82, 2.24) is 15.1 Å². The number of carbonyl (C=O) groups excluding carboxylic acids is 1. The van der Waals surface area contributed by atoms with Crippen LogP contribution in [0.5, 0.6) is 0 Å². The number of anilines is 1. The monoisotopic (exact) mass is 342 g/mol. The number of rotatable bonds is 4. The van der Waals surface area contributed by atoms with Gasteiger partial charge >= 0.3 is 6.03 Å². The van der Waals surface area contributed by atoms with Crippen LogP contribution in [-0.4, -0.2) is 34.6 Å². The zero-order valence-electron chi connectivity index (χ0n) is 15.3. The summed E-state index contributed by atoms with van der Waals surface area (Å²) in [6.45, 7) is 8.77. The van der Waals surface area contributed by atoms with Crippen LogP contribution in [0.4, 0.5) is 10.6 Å². The van der Waals surface area contributed by atoms with Crippen LogP contribution in [0.25, 0.3) is 5.69 Å². The van der Waals surface area contributed by atoms with Crippen LogP contribution in [0.1, 0.15) is 36.6 Å². The van der Waals surface area contributed by atoms with Gasteiger partial charge in [0.1, 0.15) is 5.82 Å². The maximum absolute atomic E-state index is 12.4. The zero-order valence-corrected chi connectivity index (χ0v) is 15.3. The Hall–Kier alpha value is -2.34. The molecule has 0 saturated carbocycles. The summed E-state index contributed by atoms with van der Waals surface area (Å²) < 4.78 is 7.40. The number of nitrogens with zero attached hydrogens (tertiary/aromatic N) is 2. The highest BCUT2D eigenvalue weighted by Crippen LogP contribution is 2.20. The molecule has 2 N–H and O–H groups in total. The van der Waals surface area contributed by atoms with Crippen LogP contribution in [0, 0.1) is 20.8 Å². The summed E-state index contributed by atoms with van der Waals surface area (Å²) in [6.07, 6.45) is 2.13. The van der Waals surface area contributed by atoms with Crippen molar-refractivity contribution in [2.24, 2.45) is 0 Å². The topological polar surface area (TPSA) is 68.2 Å². The number of aromatic nitrogens is 2. The molecule has 6 heteroatoms. The van der Waals surface area contributed by atoms with Crippen LogP contribution in [-0.2, 0) is 4.74 Å². The predicted octanol–water partition coefficient (Wildman–Crippen LogP) is 3.49. The lowest BCUT2D eigenvalue weighted by molar-refractivity contribution is 0.0868. The van der Waals surface area contributed by atoms with Crippen molar-refractivity contribution in [1.29, 1.82) is 0 Å². The van der Waals surface area contributed by atoms with Crippen molar-refractivity contribution in [3.63, 3.8) is 0 Å². The molecule has 1 aromatic heterocycles. The number of nitrogens with one attached hydrogen (secondary N) is 2. The fraction of sp³-hybridized carbons (Fsp3) is 0.474. The van der Waals surface area contributed by atoms with E-state index >= 15 is 0 Å². The minimum atomic E-state index is -0.242. The standard InChI is InChI=1S/C19H26N4O2/c1-12-8-13(2)10-16(9-12)23-18(11-14(3)22-23)21-19(24)20-15(4)17-6-5-7-25-17/h8-11,15,17H,5-7H2,1-4H3,(H2,20,21,24)/t15-,17+/m0/s1. The Kier molecular flexibility index (Phi) is 5.08. The van der Waals surface area contributed by atoms with E-state index in [0.717, 1.165) is 42.0 Å². The Balaban J connectivity index is 1.75. The summed E-state index contributed by atoms with van der Waals surface area (Å²) in [5.41, 5.74) is 4.10. The smallest absolute Gasteiger partial charge is 0.320 e. The summed E-state index contributed by atoms with van der Waals surface area (Å²) in [5.74, 6) is 0.652. The number of aryl methyl sites for hydroxylation is 3. The summed E-state index contributed by atoms with van der Waals surface area (Å²) >= 11 is 0. The van der Waals surface area contributed by atoms with E-state index in [4.69, 9.17) is 4.74 Å². The summed E-state index contributed by atoms with van der Waals surface area (Å²) in [7, 11) is 0. The number of benzene rings is 1. The lowest BCUT2D eigenvalue weighted by atomic mass is 10.1. The second kappa shape index (κ2) is 7.27. The Morgan fingerprint density at radius 1 is 1.24 bits per heavy atom. The van der Waals surface area contributed by atoms with Crippen molar-refractivity contribution < 1.29 is 9.53 Å². The van der Waals surface area contributed by atoms with E-state index in [9.17, 15) is 4.79 Å². The molecule has 0 spiro atoms. The van der Waals surface area contributed by atoms with Crippen molar-refractivity contribution in [3.05, 3.63) is 41.1 Å². The molecular formula is C19H26N4O2. The quantitative estimate of drug-likeness (QED) is 0.894. The van der Waals surface area contributed by atoms with Gasteiger partial charge in [0.15, 0.2) is 0 Å². The van der Waals surface area contributed by atoms with Gasteiger partial charge in [0.05, 0.1) is 23.5 Å². The van der Waals surface area contributed by atoms with E-state index in [-0.39, 0.29) is 18.2 Å². The van der Waals surface area contributed by atoms with Crippen molar-refractivity contribution in [3.8, 4) is 5.69 Å². The Bertz CT molecular complexity index is 743. The minimum absolute atomic E-state index is 0.0267. The molecule has 1 aromatic carbocycles. The van der Waals surface area contributed by atoms with E-state index < -0.39 is 0 Å². The number of amides is 2. The molecule has 134 valence electrons. The van der Waals surface area contributed by atoms with Gasteiger partial charge in [0, 0.05) is 12.7 Å². The van der Waals surface area contributed by atoms with Crippen molar-refractivity contribution in [2.45, 2.75) is 52.7 Å². The summed E-state index contributed by atoms with van der Waals surface area (Å²) in [4.78, 5) is 12.4. The molecule has 1 fully saturated rings. The van der Waals surface area contributed by atoms with Gasteiger partial charge in [-0.3, -0.25) is 5.32 Å². The second-order valence-electron chi connectivity index (χ2n) is 6.87. The normalized spacial score (nSPS) is 18.2. The summed E-state index contributed by atoms with van der Waals surface area (Å²) in [6, 6.07) is 7.82. The second-order valence-corrected chi connectivity index (χ2v) is 6.87. The van der Waals surface area contributed by atoms with Gasteiger partial charge in [-0.2, -0.15) is 5.10 Å². The predicted molar refractivity (Wildman–Crippen MR) is 98.4 cm³/mol. The van der Waals surface area contributed by atoms with Crippen LogP contribution in [0.15, 0.2) is 24.3 Å². The number of hydrogen-bond donors (Lipinski definition) is 2. The maximum atomic E-state index is 12.4. The number of hydrogen-bond acceptors (Lipinski definition) is 3. The third-order valence-electron chi connectivity index (χ3n) is 4.41. The summed E-state index contributed by atoms with van der Waals surface area (Å²) in [5, 5.41) is 10.4. The van der Waals surface area contributed by atoms with Gasteiger partial charge in [-0.25, -0.2) is 9.48 Å². The fourth-order valence-corrected chi connectivity index (χ4v) is 3.31. The molecule has 1 aliphatic heterocycles. The van der Waals surface area contributed by atoms with Crippen LogP contribution in [0.2, 0.25) is 0 Å². The molecule has 25 heavy (non-hydrogen) atoms. The molecule has 1 saturated heterocycles. The molecule has 0 aliphatic carbocycles. The molecule has 2 aromatic rings. The Labute approximate surface area is 148 Å². The molecule has 2 atom stereocenters. The number of ether oxygens (including phenoxy) is 1. The first-order valence-electron chi connectivity index (χ1n) is 8.77. The number of urea groups is 1. The van der Waals surface area contributed by atoms with Gasteiger partial charge < -0.3 is 10.1 Å². The minimum Gasteiger partial charge on any atom is -0.376 e. The largest absolute Gasteiger partial charge is 0.376 e. The highest BCUT2D eigenvalue weighted by atomic mass is 16.5. The molecule has 2 heterocycles. The SMILES string of the molecule is Cc1cc(C)cc(-n2nc(C)cc2NC(=O)N[C@@H](C)[C@H]2CCCO2)c1. The average molecular weight is 342 g/mol. The lowest BCUT2D eigenvalue weighted by Crippen LogP contribution is -2.43. The molecule has 2 amide bonds. The molecule has 0 bridgehead atoms. The fourth-order valence-electron chi connectivity index (χ4n) is 3.31. The first-order valence-corrected chi connectivity index (χ1v) is 8.77. The van der Waals surface area contributed by atoms with Gasteiger partial charge in [-0.05, 0) is 63.8 Å². The van der Waals surface area contributed by atoms with Crippen LogP contribution < -0.4 is 10.6 Å². The van der Waals surface area contributed by atoms with Gasteiger partial charge in [0.2, 0.25) is 0 Å². The van der Waals surface area contributed by atoms with E-state index in [0.29, 0.717) is 5.82 Å². The highest BCUT2D eigenvalue weighted by molar-refractivity contribution is 5.89. The molecule has 0 unspecified atom stereocenters. The molecule has 0 radical (unpaired) electrons. The van der Waals surface area contributed by atoms with Gasteiger partial charge in [0.25, 0.3) is 0 Å². The molecule has 6 nitrogen and oxygen atoms in total. The first-order chi connectivity index (χ1) is 11.9. The zero-order chi connectivity index (χ0) is 18.0. The van der Waals surface area contributed by atoms with Gasteiger partial charge in [-0.1, -0.05) is 6.07 Å². The van der Waals surface area contributed by atoms with E-state index in [2.05, 4.69) is 47.8 Å². The van der Waals surface area contributed by atoms with Crippen molar-refractivity contribution >= 4 is 11.8 Å². The van der Waals surface area contributed by atoms with Gasteiger partial charge in [-0.15, -0.1) is 0 Å². The Morgan fingerprint density at radius 3 is 2.60 bits per heavy atom. The first kappa shape index (κ1) is 17.5. The average Bonchev–Trinajstić information content (AvgIpc) is 3.16. The van der Waals surface area contributed by atoms with Crippen LogP contribution >= 0.6 is 0 Å². The molecule has 1 aliphatic rings. The third-order valence-corrected chi connectivity index (χ3v) is 4.41. The van der Waals surface area contributed by atoms with Crippen LogP contribution in [0.3, 0.4) is 0 Å². The van der Waals surface area contributed by atoms with E-state index in [1.807, 2.05) is 19.9 Å². The van der Waals surface area contributed by atoms with E-state index in [1.54, 1.807) is 4.68 Å². The van der Waals surface area contributed by atoms with E-state index in [1.165, 1.54) is 0 Å². The highest BCUT2D eigenvalue weighted by Gasteiger charge is 2.24. The Morgan fingerprint density at radius 2 is 1.96 bits per heavy atom. The van der Waals surface area contributed by atoms with Crippen molar-refractivity contribution in [2.75, 3.05) is 11.9 Å². The molecule has 3 rings (SSSR count). The molecular weight excluding hydrogens is 316 g/mol. The third kappa shape index (κ3) is 4.20. The lowest BCUT2D eigenvalue weighted by Gasteiger charge is -2.20.